The zero-order chi connectivity index (χ0) is 12.0. The molecule has 0 aromatic rings. The smallest absolute Gasteiger partial charge is 0.335 e. The number of Topliss-reactive ketones (excluding diaryl/α,β-unsaturated/α-hetero) is 1. The molecule has 0 aromatic heterocycles. The molecule has 4 heteroatoms. The van der Waals surface area contributed by atoms with Crippen LogP contribution in [0.15, 0.2) is 0 Å². The van der Waals surface area contributed by atoms with E-state index >= 15 is 0 Å². The summed E-state index contributed by atoms with van der Waals surface area (Å²) in [7, 11) is 0. The zero-order valence-corrected chi connectivity index (χ0v) is 10.1. The number of ketones is 1. The lowest BCUT2D eigenvalue weighted by molar-refractivity contribution is -0.161. The van der Waals surface area contributed by atoms with Crippen molar-refractivity contribution in [3.8, 4) is 0 Å². The van der Waals surface area contributed by atoms with Gasteiger partial charge < -0.3 is 9.47 Å². The van der Waals surface area contributed by atoms with Gasteiger partial charge in [0.1, 0.15) is 6.61 Å². The first kappa shape index (κ1) is 14.1. The molecular weight excluding hydrogens is 196 g/mol. The van der Waals surface area contributed by atoms with Gasteiger partial charge >= 0.3 is 5.97 Å². The van der Waals surface area contributed by atoms with Crippen LogP contribution in [0.3, 0.4) is 0 Å². The van der Waals surface area contributed by atoms with E-state index in [0.717, 1.165) is 0 Å². The fourth-order valence-electron chi connectivity index (χ4n) is 0.890. The standard InChI is InChI=1S/C11H20O4/c1-7(2)10(12)6-14-11(13)9(5)15-8(3)4/h7-9H,6H2,1-5H3. The van der Waals surface area contributed by atoms with Gasteiger partial charge in [-0.25, -0.2) is 4.79 Å². The van der Waals surface area contributed by atoms with Crippen molar-refractivity contribution < 1.29 is 19.1 Å². The lowest BCUT2D eigenvalue weighted by atomic mass is 10.1. The number of ether oxygens (including phenoxy) is 2. The number of rotatable bonds is 6. The third kappa shape index (κ3) is 6.23. The van der Waals surface area contributed by atoms with Crippen LogP contribution in [0.5, 0.6) is 0 Å². The Balaban J connectivity index is 3.88. The van der Waals surface area contributed by atoms with Gasteiger partial charge in [-0.2, -0.15) is 0 Å². The van der Waals surface area contributed by atoms with Gasteiger partial charge in [0.15, 0.2) is 11.9 Å². The van der Waals surface area contributed by atoms with E-state index in [2.05, 4.69) is 0 Å². The van der Waals surface area contributed by atoms with Gasteiger partial charge in [0, 0.05) is 5.92 Å². The van der Waals surface area contributed by atoms with Gasteiger partial charge in [-0.3, -0.25) is 4.79 Å². The predicted octanol–water partition coefficient (Wildman–Crippen LogP) is 1.57. The maximum atomic E-state index is 11.3. The summed E-state index contributed by atoms with van der Waals surface area (Å²) in [5.41, 5.74) is 0. The molecule has 0 heterocycles. The highest BCUT2D eigenvalue weighted by Crippen LogP contribution is 2.01. The molecule has 88 valence electrons. The molecule has 4 nitrogen and oxygen atoms in total. The summed E-state index contributed by atoms with van der Waals surface area (Å²) >= 11 is 0. The lowest BCUT2D eigenvalue weighted by Crippen LogP contribution is -2.28. The first-order valence-electron chi connectivity index (χ1n) is 5.19. The molecule has 0 radical (unpaired) electrons. The van der Waals surface area contributed by atoms with E-state index < -0.39 is 12.1 Å². The Morgan fingerprint density at radius 2 is 1.60 bits per heavy atom. The Morgan fingerprint density at radius 1 is 1.07 bits per heavy atom. The number of hydrogen-bond acceptors (Lipinski definition) is 4. The van der Waals surface area contributed by atoms with E-state index in [4.69, 9.17) is 9.47 Å². The molecule has 0 saturated heterocycles. The summed E-state index contributed by atoms with van der Waals surface area (Å²) in [4.78, 5) is 22.5. The molecule has 0 aromatic carbocycles. The van der Waals surface area contributed by atoms with Crippen molar-refractivity contribution in [2.75, 3.05) is 6.61 Å². The summed E-state index contributed by atoms with van der Waals surface area (Å²) in [5.74, 6) is -0.683. The Hall–Kier alpha value is -0.900. The summed E-state index contributed by atoms with van der Waals surface area (Å²) in [6.45, 7) is 8.66. The molecule has 0 aliphatic rings. The number of carbonyl (C=O) groups is 2. The van der Waals surface area contributed by atoms with Crippen LogP contribution in [0.2, 0.25) is 0 Å². The fourth-order valence-corrected chi connectivity index (χ4v) is 0.890. The molecule has 0 rings (SSSR count). The van der Waals surface area contributed by atoms with Crippen LogP contribution in [0.1, 0.15) is 34.6 Å². The lowest BCUT2D eigenvalue weighted by Gasteiger charge is -2.15. The molecule has 0 bridgehead atoms. The Kier molecular flexibility index (Phi) is 6.17. The van der Waals surface area contributed by atoms with Crippen molar-refractivity contribution in [3.63, 3.8) is 0 Å². The average Bonchev–Trinajstić information content (AvgIpc) is 2.12. The van der Waals surface area contributed by atoms with E-state index in [1.54, 1.807) is 20.8 Å². The van der Waals surface area contributed by atoms with Crippen LogP contribution in [-0.4, -0.2) is 30.6 Å². The zero-order valence-electron chi connectivity index (χ0n) is 10.1. The Labute approximate surface area is 90.9 Å². The largest absolute Gasteiger partial charge is 0.456 e. The maximum Gasteiger partial charge on any atom is 0.335 e. The minimum Gasteiger partial charge on any atom is -0.456 e. The van der Waals surface area contributed by atoms with Gasteiger partial charge in [0.25, 0.3) is 0 Å². The summed E-state index contributed by atoms with van der Waals surface area (Å²) < 4.78 is 10.0. The quantitative estimate of drug-likeness (QED) is 0.632. The topological polar surface area (TPSA) is 52.6 Å². The number of carbonyl (C=O) groups excluding carboxylic acids is 2. The van der Waals surface area contributed by atoms with Crippen molar-refractivity contribution in [2.24, 2.45) is 5.92 Å². The van der Waals surface area contributed by atoms with Gasteiger partial charge in [-0.1, -0.05) is 13.8 Å². The van der Waals surface area contributed by atoms with Gasteiger partial charge in [0.05, 0.1) is 6.10 Å². The fraction of sp³-hybridized carbons (Fsp3) is 0.818. The number of esters is 1. The van der Waals surface area contributed by atoms with E-state index in [1.807, 2.05) is 13.8 Å². The van der Waals surface area contributed by atoms with Crippen LogP contribution in [0.4, 0.5) is 0 Å². The maximum absolute atomic E-state index is 11.3. The Bertz CT molecular complexity index is 221. The van der Waals surface area contributed by atoms with Crippen LogP contribution in [-0.2, 0) is 19.1 Å². The molecule has 0 amide bonds. The monoisotopic (exact) mass is 216 g/mol. The van der Waals surface area contributed by atoms with Crippen molar-refractivity contribution in [2.45, 2.75) is 46.8 Å². The van der Waals surface area contributed by atoms with Crippen LogP contribution in [0, 0.1) is 5.92 Å². The molecule has 0 N–H and O–H groups in total. The van der Waals surface area contributed by atoms with Gasteiger partial charge in [-0.15, -0.1) is 0 Å². The van der Waals surface area contributed by atoms with Crippen LogP contribution >= 0.6 is 0 Å². The van der Waals surface area contributed by atoms with Crippen molar-refractivity contribution in [1.82, 2.24) is 0 Å². The molecule has 15 heavy (non-hydrogen) atoms. The second-order valence-electron chi connectivity index (χ2n) is 4.06. The first-order valence-corrected chi connectivity index (χ1v) is 5.19. The van der Waals surface area contributed by atoms with Gasteiger partial charge in [-0.05, 0) is 20.8 Å². The minimum atomic E-state index is -0.620. The molecule has 1 unspecified atom stereocenters. The second-order valence-corrected chi connectivity index (χ2v) is 4.06. The highest BCUT2D eigenvalue weighted by atomic mass is 16.6. The van der Waals surface area contributed by atoms with E-state index in [1.165, 1.54) is 0 Å². The summed E-state index contributed by atoms with van der Waals surface area (Å²) in [6, 6.07) is 0. The summed E-state index contributed by atoms with van der Waals surface area (Å²) in [6.07, 6.45) is -0.654. The highest BCUT2D eigenvalue weighted by molar-refractivity contribution is 5.84. The normalized spacial score (nSPS) is 13.0. The van der Waals surface area contributed by atoms with E-state index in [0.29, 0.717) is 0 Å². The number of hydrogen-bond donors (Lipinski definition) is 0. The third-order valence-corrected chi connectivity index (χ3v) is 1.81. The van der Waals surface area contributed by atoms with Crippen LogP contribution < -0.4 is 0 Å². The molecule has 0 saturated carbocycles. The minimum absolute atomic E-state index is 0.0339. The molecule has 1 atom stereocenters. The van der Waals surface area contributed by atoms with Gasteiger partial charge in [0.2, 0.25) is 0 Å². The van der Waals surface area contributed by atoms with Crippen molar-refractivity contribution >= 4 is 11.8 Å². The third-order valence-electron chi connectivity index (χ3n) is 1.81. The Morgan fingerprint density at radius 3 is 2.00 bits per heavy atom. The van der Waals surface area contributed by atoms with Crippen LogP contribution in [0.25, 0.3) is 0 Å². The average molecular weight is 216 g/mol. The van der Waals surface area contributed by atoms with E-state index in [9.17, 15) is 9.59 Å². The first-order chi connectivity index (χ1) is 6.84. The summed E-state index contributed by atoms with van der Waals surface area (Å²) in [5, 5.41) is 0. The molecular formula is C11H20O4. The van der Waals surface area contributed by atoms with Crippen molar-refractivity contribution in [3.05, 3.63) is 0 Å². The second kappa shape index (κ2) is 6.56. The van der Waals surface area contributed by atoms with E-state index in [-0.39, 0.29) is 24.4 Å². The molecule has 0 aliphatic carbocycles. The highest BCUT2D eigenvalue weighted by Gasteiger charge is 2.18. The molecule has 0 aliphatic heterocycles. The molecule has 0 spiro atoms. The predicted molar refractivity (Wildman–Crippen MR) is 56.5 cm³/mol. The molecule has 0 fully saturated rings. The van der Waals surface area contributed by atoms with Crippen molar-refractivity contribution in [1.29, 1.82) is 0 Å². The SMILES string of the molecule is CC(C)OC(C)C(=O)OCC(=O)C(C)C.